The molecule has 0 aliphatic carbocycles. The van der Waals surface area contributed by atoms with Crippen LogP contribution in [-0.2, 0) is 4.79 Å². The van der Waals surface area contributed by atoms with Crippen molar-refractivity contribution in [2.75, 3.05) is 5.32 Å². The van der Waals surface area contributed by atoms with Crippen LogP contribution in [0.5, 0.6) is 0 Å². The summed E-state index contributed by atoms with van der Waals surface area (Å²) in [4.78, 5) is 17.0. The quantitative estimate of drug-likeness (QED) is 0.357. The van der Waals surface area contributed by atoms with E-state index in [4.69, 9.17) is 0 Å². The zero-order chi connectivity index (χ0) is 23.4. The number of hydrogen-bond acceptors (Lipinski definition) is 5. The van der Waals surface area contributed by atoms with Gasteiger partial charge in [0.05, 0.1) is 10.9 Å². The highest BCUT2D eigenvalue weighted by molar-refractivity contribution is 8.00. The lowest BCUT2D eigenvalue weighted by molar-refractivity contribution is -0.115. The molecule has 8 heteroatoms. The fraction of sp³-hybridized carbons (Fsp3) is 0.200. The van der Waals surface area contributed by atoms with Crippen LogP contribution in [0.3, 0.4) is 0 Å². The maximum Gasteiger partial charge on any atom is 0.237 e. The molecule has 0 saturated heterocycles. The molecule has 4 rings (SSSR count). The van der Waals surface area contributed by atoms with E-state index in [1.807, 2.05) is 34.9 Å². The molecule has 2 heterocycles. The lowest BCUT2D eigenvalue weighted by Crippen LogP contribution is -2.23. The van der Waals surface area contributed by atoms with E-state index in [1.54, 1.807) is 19.3 Å². The summed E-state index contributed by atoms with van der Waals surface area (Å²) in [5, 5.41) is 11.8. The van der Waals surface area contributed by atoms with Crippen molar-refractivity contribution >= 4 is 23.4 Å². The Labute approximate surface area is 196 Å². The van der Waals surface area contributed by atoms with Gasteiger partial charge >= 0.3 is 0 Å². The van der Waals surface area contributed by atoms with E-state index in [0.29, 0.717) is 16.7 Å². The molecule has 2 aromatic heterocycles. The first kappa shape index (κ1) is 22.7. The van der Waals surface area contributed by atoms with Crippen LogP contribution >= 0.6 is 11.8 Å². The van der Waals surface area contributed by atoms with Gasteiger partial charge in [0.15, 0.2) is 11.0 Å². The molecule has 168 valence electrons. The Morgan fingerprint density at radius 2 is 1.76 bits per heavy atom. The van der Waals surface area contributed by atoms with Crippen molar-refractivity contribution in [3.63, 3.8) is 0 Å². The second kappa shape index (κ2) is 9.95. The van der Waals surface area contributed by atoms with Gasteiger partial charge in [-0.15, -0.1) is 10.2 Å². The number of para-hydroxylation sites is 1. The first-order valence-electron chi connectivity index (χ1n) is 10.6. The Hall–Kier alpha value is -3.52. The van der Waals surface area contributed by atoms with Gasteiger partial charge in [-0.25, -0.2) is 4.39 Å². The van der Waals surface area contributed by atoms with Crippen LogP contribution in [-0.4, -0.2) is 30.9 Å². The number of benzene rings is 2. The summed E-state index contributed by atoms with van der Waals surface area (Å²) in [5.41, 5.74) is 3.48. The first-order chi connectivity index (χ1) is 15.9. The fourth-order valence-corrected chi connectivity index (χ4v) is 4.27. The third-order valence-electron chi connectivity index (χ3n) is 5.12. The average molecular weight is 462 g/mol. The minimum atomic E-state index is -0.467. The molecule has 1 N–H and O–H groups in total. The van der Waals surface area contributed by atoms with E-state index >= 15 is 0 Å². The van der Waals surface area contributed by atoms with Crippen molar-refractivity contribution in [1.82, 2.24) is 19.7 Å². The van der Waals surface area contributed by atoms with Gasteiger partial charge < -0.3 is 5.32 Å². The minimum Gasteiger partial charge on any atom is -0.325 e. The van der Waals surface area contributed by atoms with E-state index in [1.165, 1.54) is 36.0 Å². The second-order valence-corrected chi connectivity index (χ2v) is 9.16. The van der Waals surface area contributed by atoms with Crippen molar-refractivity contribution in [2.24, 2.45) is 0 Å². The zero-order valence-electron chi connectivity index (χ0n) is 18.6. The number of anilines is 1. The summed E-state index contributed by atoms with van der Waals surface area (Å²) in [5.74, 6) is 0.378. The van der Waals surface area contributed by atoms with Crippen LogP contribution in [0.15, 0.2) is 78.2 Å². The largest absolute Gasteiger partial charge is 0.325 e. The Balaban J connectivity index is 1.69. The second-order valence-electron chi connectivity index (χ2n) is 7.85. The highest BCUT2D eigenvalue weighted by Crippen LogP contribution is 2.33. The summed E-state index contributed by atoms with van der Waals surface area (Å²) in [7, 11) is 0. The summed E-state index contributed by atoms with van der Waals surface area (Å²) < 4.78 is 15.2. The number of nitrogens with one attached hydrogen (secondary N) is 1. The van der Waals surface area contributed by atoms with Crippen molar-refractivity contribution in [3.8, 4) is 17.1 Å². The third-order valence-corrected chi connectivity index (χ3v) is 6.16. The van der Waals surface area contributed by atoms with Crippen molar-refractivity contribution in [3.05, 3.63) is 84.4 Å². The SMILES string of the molecule is CC(Sc1nnc(-c2cccnc2)n1-c1ccccc1C(C)C)C(=O)Nc1ccc(F)cc1. The zero-order valence-corrected chi connectivity index (χ0v) is 19.4. The number of halogens is 1. The Bertz CT molecular complexity index is 1240. The molecule has 1 unspecified atom stereocenters. The van der Waals surface area contributed by atoms with E-state index in [-0.39, 0.29) is 17.6 Å². The van der Waals surface area contributed by atoms with E-state index in [0.717, 1.165) is 16.8 Å². The molecular weight excluding hydrogens is 437 g/mol. The molecule has 1 amide bonds. The highest BCUT2D eigenvalue weighted by atomic mass is 32.2. The van der Waals surface area contributed by atoms with Crippen LogP contribution in [0, 0.1) is 5.82 Å². The molecule has 0 saturated carbocycles. The molecule has 0 aliphatic rings. The number of rotatable bonds is 7. The van der Waals surface area contributed by atoms with E-state index in [2.05, 4.69) is 40.4 Å². The van der Waals surface area contributed by atoms with E-state index < -0.39 is 5.25 Å². The maximum absolute atomic E-state index is 13.2. The molecule has 4 aromatic rings. The van der Waals surface area contributed by atoms with Gasteiger partial charge in [0.2, 0.25) is 5.91 Å². The number of carbonyl (C=O) groups is 1. The van der Waals surface area contributed by atoms with Crippen LogP contribution in [0.1, 0.15) is 32.3 Å². The number of nitrogens with zero attached hydrogens (tertiary/aromatic N) is 4. The van der Waals surface area contributed by atoms with Gasteiger partial charge in [-0.05, 0) is 60.9 Å². The molecule has 0 spiro atoms. The molecule has 0 aliphatic heterocycles. The molecule has 6 nitrogen and oxygen atoms in total. The summed E-state index contributed by atoms with van der Waals surface area (Å²) in [6.07, 6.45) is 3.46. The summed E-state index contributed by atoms with van der Waals surface area (Å²) in [6.45, 7) is 6.08. The van der Waals surface area contributed by atoms with Crippen molar-refractivity contribution in [1.29, 1.82) is 0 Å². The predicted octanol–water partition coefficient (Wildman–Crippen LogP) is 5.71. The lowest BCUT2D eigenvalue weighted by Gasteiger charge is -2.18. The highest BCUT2D eigenvalue weighted by Gasteiger charge is 2.23. The standard InChI is InChI=1S/C25H24FN5OS/c1-16(2)21-8-4-5-9-22(21)31-23(18-7-6-14-27-15-18)29-30-25(31)33-17(3)24(32)28-20-12-10-19(26)11-13-20/h4-17H,1-3H3,(H,28,32). The lowest BCUT2D eigenvalue weighted by atomic mass is 10.0. The molecule has 0 fully saturated rings. The summed E-state index contributed by atoms with van der Waals surface area (Å²) >= 11 is 1.31. The van der Waals surface area contributed by atoms with Gasteiger partial charge in [-0.1, -0.05) is 43.8 Å². The van der Waals surface area contributed by atoms with Crippen molar-refractivity contribution in [2.45, 2.75) is 37.1 Å². The van der Waals surface area contributed by atoms with Crippen LogP contribution < -0.4 is 5.32 Å². The van der Waals surface area contributed by atoms with Crippen molar-refractivity contribution < 1.29 is 9.18 Å². The molecule has 2 aromatic carbocycles. The van der Waals surface area contributed by atoms with Crippen LogP contribution in [0.2, 0.25) is 0 Å². The predicted molar refractivity (Wildman–Crippen MR) is 129 cm³/mol. The Kier molecular flexibility index (Phi) is 6.84. The smallest absolute Gasteiger partial charge is 0.237 e. The number of hydrogen-bond donors (Lipinski definition) is 1. The number of amides is 1. The molecule has 33 heavy (non-hydrogen) atoms. The van der Waals surface area contributed by atoms with Gasteiger partial charge in [0, 0.05) is 23.6 Å². The molecule has 0 radical (unpaired) electrons. The third kappa shape index (κ3) is 5.12. The fourth-order valence-electron chi connectivity index (χ4n) is 3.41. The maximum atomic E-state index is 13.2. The number of carbonyl (C=O) groups excluding carboxylic acids is 1. The summed E-state index contributed by atoms with van der Waals surface area (Å²) in [6, 6.07) is 17.6. The van der Waals surface area contributed by atoms with Crippen LogP contribution in [0.25, 0.3) is 17.1 Å². The minimum absolute atomic E-state index is 0.207. The number of pyridine rings is 1. The molecule has 0 bridgehead atoms. The number of aromatic nitrogens is 4. The monoisotopic (exact) mass is 461 g/mol. The average Bonchev–Trinajstić information content (AvgIpc) is 3.24. The Morgan fingerprint density at radius 3 is 2.45 bits per heavy atom. The Morgan fingerprint density at radius 1 is 1.00 bits per heavy atom. The van der Waals surface area contributed by atoms with Gasteiger partial charge in [0.25, 0.3) is 0 Å². The first-order valence-corrected chi connectivity index (χ1v) is 11.5. The van der Waals surface area contributed by atoms with E-state index in [9.17, 15) is 9.18 Å². The number of thioether (sulfide) groups is 1. The van der Waals surface area contributed by atoms with Gasteiger partial charge in [0.1, 0.15) is 5.82 Å². The molecule has 1 atom stereocenters. The molecular formula is C25H24FN5OS. The normalized spacial score (nSPS) is 12.0. The topological polar surface area (TPSA) is 72.7 Å². The van der Waals surface area contributed by atoms with Gasteiger partial charge in [-0.3, -0.25) is 14.3 Å². The van der Waals surface area contributed by atoms with Crippen LogP contribution in [0.4, 0.5) is 10.1 Å². The van der Waals surface area contributed by atoms with Gasteiger partial charge in [-0.2, -0.15) is 0 Å².